The summed E-state index contributed by atoms with van der Waals surface area (Å²) in [7, 11) is 0. The molecule has 1 aromatic carbocycles. The maximum atomic E-state index is 12.8. The number of amides is 1. The first-order valence-electron chi connectivity index (χ1n) is 9.30. The lowest BCUT2D eigenvalue weighted by Crippen LogP contribution is -2.42. The number of hydrogen-bond donors (Lipinski definition) is 1. The second-order valence-electron chi connectivity index (χ2n) is 7.18. The van der Waals surface area contributed by atoms with Gasteiger partial charge >= 0.3 is 6.09 Å². The molecule has 1 amide bonds. The Labute approximate surface area is 161 Å². The molecule has 1 aromatic heterocycles. The molecule has 5 heteroatoms. The summed E-state index contributed by atoms with van der Waals surface area (Å²) in [5.41, 5.74) is 0.775. The van der Waals surface area contributed by atoms with E-state index in [0.29, 0.717) is 11.5 Å². The van der Waals surface area contributed by atoms with Crippen LogP contribution in [0.2, 0.25) is 0 Å². The molecular weight excluding hydrogens is 342 g/mol. The van der Waals surface area contributed by atoms with Crippen molar-refractivity contribution < 1.29 is 19.1 Å². The molecule has 2 rings (SSSR count). The van der Waals surface area contributed by atoms with E-state index in [-0.39, 0.29) is 18.0 Å². The van der Waals surface area contributed by atoms with Gasteiger partial charge in [-0.05, 0) is 45.9 Å². The Hall–Kier alpha value is -2.53. The van der Waals surface area contributed by atoms with Crippen LogP contribution in [-0.4, -0.2) is 28.2 Å². The third-order valence-electron chi connectivity index (χ3n) is 4.33. The Morgan fingerprint density at radius 3 is 2.19 bits per heavy atom. The van der Waals surface area contributed by atoms with Crippen molar-refractivity contribution in [2.45, 2.75) is 52.8 Å². The zero-order chi connectivity index (χ0) is 20.0. The Balaban J connectivity index is 2.30. The highest BCUT2D eigenvalue weighted by Crippen LogP contribution is 2.28. The fraction of sp³-hybridized carbons (Fsp3) is 0.409. The van der Waals surface area contributed by atoms with Crippen LogP contribution in [0.25, 0.3) is 5.76 Å². The van der Waals surface area contributed by atoms with Crippen LogP contribution in [0.5, 0.6) is 0 Å². The molecule has 0 saturated heterocycles. The van der Waals surface area contributed by atoms with Gasteiger partial charge in [0.2, 0.25) is 0 Å². The molecule has 1 N–H and O–H groups in total. The van der Waals surface area contributed by atoms with Crippen molar-refractivity contribution in [1.29, 1.82) is 0 Å². The van der Waals surface area contributed by atoms with Crippen LogP contribution in [0.3, 0.4) is 0 Å². The molecule has 0 aliphatic heterocycles. The molecule has 0 aliphatic carbocycles. The standard InChI is InChI=1S/C22H29NO4/c1-15(2)23(16(3)4)22(25)27-20(18-10-7-6-8-11-18)14-17(5)21(24)19-12-9-13-26-19/h6-17,21,24H,1-5H3/b20-14-/t17-,21-/m0/s1. The summed E-state index contributed by atoms with van der Waals surface area (Å²) >= 11 is 0. The van der Waals surface area contributed by atoms with Gasteiger partial charge in [-0.2, -0.15) is 0 Å². The predicted molar refractivity (Wildman–Crippen MR) is 106 cm³/mol. The average molecular weight is 371 g/mol. The normalized spacial score (nSPS) is 14.3. The van der Waals surface area contributed by atoms with Crippen LogP contribution in [0.4, 0.5) is 4.79 Å². The van der Waals surface area contributed by atoms with Gasteiger partial charge in [-0.1, -0.05) is 37.3 Å². The SMILES string of the molecule is CC(C)N(C(=O)O/C(=C\[C@H](C)[C@H](O)c1ccco1)c1ccccc1)C(C)C. The molecule has 0 radical (unpaired) electrons. The van der Waals surface area contributed by atoms with Crippen molar-refractivity contribution in [1.82, 2.24) is 4.90 Å². The van der Waals surface area contributed by atoms with Crippen molar-refractivity contribution in [3.63, 3.8) is 0 Å². The Morgan fingerprint density at radius 1 is 1.04 bits per heavy atom. The van der Waals surface area contributed by atoms with E-state index in [1.54, 1.807) is 23.1 Å². The van der Waals surface area contributed by atoms with Gasteiger partial charge < -0.3 is 19.2 Å². The lowest BCUT2D eigenvalue weighted by molar-refractivity contribution is 0.107. The van der Waals surface area contributed by atoms with Gasteiger partial charge in [0.05, 0.1) is 6.26 Å². The number of hydrogen-bond acceptors (Lipinski definition) is 4. The molecule has 27 heavy (non-hydrogen) atoms. The minimum absolute atomic E-state index is 0.0145. The molecule has 0 fully saturated rings. The monoisotopic (exact) mass is 371 g/mol. The van der Waals surface area contributed by atoms with Crippen LogP contribution in [0.15, 0.2) is 59.2 Å². The van der Waals surface area contributed by atoms with Crippen molar-refractivity contribution in [2.24, 2.45) is 5.92 Å². The Morgan fingerprint density at radius 2 is 1.67 bits per heavy atom. The van der Waals surface area contributed by atoms with E-state index in [0.717, 1.165) is 5.56 Å². The summed E-state index contributed by atoms with van der Waals surface area (Å²) in [4.78, 5) is 14.5. The molecule has 0 bridgehead atoms. The summed E-state index contributed by atoms with van der Waals surface area (Å²) in [6, 6.07) is 12.9. The lowest BCUT2D eigenvalue weighted by Gasteiger charge is -2.30. The number of ether oxygens (including phenoxy) is 1. The molecule has 0 unspecified atom stereocenters. The van der Waals surface area contributed by atoms with E-state index in [4.69, 9.17) is 9.15 Å². The Kier molecular flexibility index (Phi) is 7.25. The van der Waals surface area contributed by atoms with Gasteiger partial charge in [0.25, 0.3) is 0 Å². The van der Waals surface area contributed by atoms with E-state index in [1.807, 2.05) is 65.0 Å². The van der Waals surface area contributed by atoms with Gasteiger partial charge in [-0.25, -0.2) is 4.79 Å². The second kappa shape index (κ2) is 9.42. The fourth-order valence-electron chi connectivity index (χ4n) is 3.00. The maximum absolute atomic E-state index is 12.8. The first kappa shape index (κ1) is 20.8. The summed E-state index contributed by atoms with van der Waals surface area (Å²) in [6.45, 7) is 9.67. The molecule has 0 aliphatic rings. The van der Waals surface area contributed by atoms with Crippen LogP contribution >= 0.6 is 0 Å². The van der Waals surface area contributed by atoms with Crippen LogP contribution in [-0.2, 0) is 4.74 Å². The van der Waals surface area contributed by atoms with Crippen molar-refractivity contribution >= 4 is 11.9 Å². The molecule has 2 atom stereocenters. The summed E-state index contributed by atoms with van der Waals surface area (Å²) in [5.74, 6) is 0.583. The first-order valence-corrected chi connectivity index (χ1v) is 9.30. The molecule has 0 spiro atoms. The highest BCUT2D eigenvalue weighted by Gasteiger charge is 2.25. The fourth-order valence-corrected chi connectivity index (χ4v) is 3.00. The quantitative estimate of drug-likeness (QED) is 0.676. The highest BCUT2D eigenvalue weighted by atomic mass is 16.6. The van der Waals surface area contributed by atoms with Crippen molar-refractivity contribution in [3.8, 4) is 0 Å². The molecule has 146 valence electrons. The summed E-state index contributed by atoms with van der Waals surface area (Å²) in [5, 5.41) is 10.5. The van der Waals surface area contributed by atoms with Crippen molar-refractivity contribution in [3.05, 3.63) is 66.1 Å². The molecule has 2 aromatic rings. The smallest absolute Gasteiger partial charge is 0.415 e. The number of aliphatic hydroxyl groups excluding tert-OH is 1. The summed E-state index contributed by atoms with van der Waals surface area (Å²) in [6.07, 6.45) is 2.05. The topological polar surface area (TPSA) is 62.9 Å². The zero-order valence-corrected chi connectivity index (χ0v) is 16.6. The minimum Gasteiger partial charge on any atom is -0.467 e. The number of carbonyl (C=O) groups is 1. The number of benzene rings is 1. The average Bonchev–Trinajstić information content (AvgIpc) is 3.15. The van der Waals surface area contributed by atoms with Crippen LogP contribution in [0, 0.1) is 5.92 Å². The van der Waals surface area contributed by atoms with E-state index < -0.39 is 12.2 Å². The van der Waals surface area contributed by atoms with Gasteiger partial charge in [-0.3, -0.25) is 0 Å². The maximum Gasteiger partial charge on any atom is 0.415 e. The van der Waals surface area contributed by atoms with Gasteiger partial charge in [-0.15, -0.1) is 0 Å². The highest BCUT2D eigenvalue weighted by molar-refractivity contribution is 5.77. The Bertz CT molecular complexity index is 727. The number of aliphatic hydroxyl groups is 1. The number of nitrogens with zero attached hydrogens (tertiary/aromatic N) is 1. The van der Waals surface area contributed by atoms with E-state index in [2.05, 4.69) is 0 Å². The van der Waals surface area contributed by atoms with E-state index in [9.17, 15) is 9.90 Å². The molecule has 0 saturated carbocycles. The van der Waals surface area contributed by atoms with Crippen molar-refractivity contribution in [2.75, 3.05) is 0 Å². The van der Waals surface area contributed by atoms with Crippen LogP contribution in [0.1, 0.15) is 52.0 Å². The molecular formula is C22H29NO4. The van der Waals surface area contributed by atoms with Gasteiger partial charge in [0, 0.05) is 23.6 Å². The zero-order valence-electron chi connectivity index (χ0n) is 16.6. The van der Waals surface area contributed by atoms with Gasteiger partial charge in [0.1, 0.15) is 17.6 Å². The number of furan rings is 1. The van der Waals surface area contributed by atoms with E-state index in [1.165, 1.54) is 6.26 Å². The number of carbonyl (C=O) groups excluding carboxylic acids is 1. The summed E-state index contributed by atoms with van der Waals surface area (Å²) < 4.78 is 11.1. The molecule has 1 heterocycles. The third-order valence-corrected chi connectivity index (χ3v) is 4.33. The van der Waals surface area contributed by atoms with Crippen LogP contribution < -0.4 is 0 Å². The first-order chi connectivity index (χ1) is 12.8. The lowest BCUT2D eigenvalue weighted by atomic mass is 10.00. The second-order valence-corrected chi connectivity index (χ2v) is 7.18. The predicted octanol–water partition coefficient (Wildman–Crippen LogP) is 5.25. The third kappa shape index (κ3) is 5.47. The van der Waals surface area contributed by atoms with Gasteiger partial charge in [0.15, 0.2) is 0 Å². The van der Waals surface area contributed by atoms with E-state index >= 15 is 0 Å². The number of rotatable bonds is 7. The molecule has 5 nitrogen and oxygen atoms in total. The largest absolute Gasteiger partial charge is 0.467 e. The minimum atomic E-state index is -0.830.